The quantitative estimate of drug-likeness (QED) is 0.291. The topological polar surface area (TPSA) is 156 Å². The van der Waals surface area contributed by atoms with Gasteiger partial charge in [0.15, 0.2) is 11.6 Å². The van der Waals surface area contributed by atoms with E-state index in [2.05, 4.69) is 6.58 Å². The molecule has 0 atom stereocenters. The summed E-state index contributed by atoms with van der Waals surface area (Å²) in [5.41, 5.74) is 1.67. The fraction of sp³-hybridized carbons (Fsp3) is 0.304. The van der Waals surface area contributed by atoms with Gasteiger partial charge in [-0.1, -0.05) is 24.8 Å². The summed E-state index contributed by atoms with van der Waals surface area (Å²) in [6.45, 7) is 6.43. The molecule has 0 spiro atoms. The van der Waals surface area contributed by atoms with Crippen molar-refractivity contribution in [3.05, 3.63) is 63.3 Å². The Morgan fingerprint density at radius 1 is 0.806 bits per heavy atom. The van der Waals surface area contributed by atoms with Crippen molar-refractivity contribution in [2.24, 2.45) is 0 Å². The fourth-order valence-electron chi connectivity index (χ4n) is 3.23. The van der Waals surface area contributed by atoms with Gasteiger partial charge in [-0.05, 0) is 20.8 Å². The summed E-state index contributed by atoms with van der Waals surface area (Å²) >= 11 is 0. The minimum atomic E-state index is -0.551. The molecule has 0 aromatic heterocycles. The van der Waals surface area contributed by atoms with Gasteiger partial charge in [0.2, 0.25) is 0 Å². The molecule has 1 aliphatic carbocycles. The molecule has 1 aromatic carbocycles. The van der Waals surface area contributed by atoms with Gasteiger partial charge in [0.25, 0.3) is 0 Å². The number of carbonyl (C=O) groups is 2. The normalized spacial score (nSPS) is 14.3. The van der Waals surface area contributed by atoms with Gasteiger partial charge in [-0.25, -0.2) is 0 Å². The van der Waals surface area contributed by atoms with Crippen LogP contribution in [-0.2, 0) is 22.8 Å². The zero-order chi connectivity index (χ0) is 23.9. The highest BCUT2D eigenvalue weighted by Gasteiger charge is 2.29. The number of rotatable bonds is 6. The lowest BCUT2D eigenvalue weighted by atomic mass is 9.85. The van der Waals surface area contributed by atoms with Gasteiger partial charge in [-0.15, -0.1) is 0 Å². The predicted molar refractivity (Wildman–Crippen MR) is 115 cm³/mol. The molecular weight excluding hydrogens is 404 g/mol. The van der Waals surface area contributed by atoms with E-state index in [9.17, 15) is 19.8 Å². The second-order valence-electron chi connectivity index (χ2n) is 6.68. The molecule has 0 bridgehead atoms. The van der Waals surface area contributed by atoms with Crippen LogP contribution in [0.25, 0.3) is 6.08 Å². The van der Waals surface area contributed by atoms with Crippen molar-refractivity contribution < 1.29 is 40.2 Å². The van der Waals surface area contributed by atoms with Crippen LogP contribution in [0.1, 0.15) is 36.1 Å². The molecule has 0 radical (unpaired) electrons. The first-order chi connectivity index (χ1) is 14.7. The third kappa shape index (κ3) is 5.00. The molecule has 0 unspecified atom stereocenters. The number of hydrogen-bond donors (Lipinski definition) is 6. The van der Waals surface area contributed by atoms with Crippen molar-refractivity contribution in [2.45, 2.75) is 34.0 Å². The molecule has 0 fully saturated rings. The number of aliphatic hydroxyl groups excluding tert-OH is 4. The Hall–Kier alpha value is -3.04. The van der Waals surface area contributed by atoms with Crippen LogP contribution >= 0.6 is 0 Å². The van der Waals surface area contributed by atoms with Crippen LogP contribution in [0.5, 0.6) is 11.5 Å². The molecule has 0 saturated heterocycles. The highest BCUT2D eigenvalue weighted by atomic mass is 16.3. The number of Topliss-reactive ketones (excluding diaryl/α,β-unsaturated/α-hetero) is 2. The lowest BCUT2D eigenvalue weighted by Crippen LogP contribution is -2.25. The van der Waals surface area contributed by atoms with Crippen LogP contribution in [-0.4, -0.2) is 55.4 Å². The molecule has 0 aliphatic heterocycles. The molecule has 8 nitrogen and oxygen atoms in total. The third-order valence-electron chi connectivity index (χ3n) is 5.02. The molecule has 31 heavy (non-hydrogen) atoms. The van der Waals surface area contributed by atoms with Crippen molar-refractivity contribution in [1.29, 1.82) is 0 Å². The van der Waals surface area contributed by atoms with E-state index in [4.69, 9.17) is 20.4 Å². The van der Waals surface area contributed by atoms with E-state index in [1.807, 2.05) is 0 Å². The average Bonchev–Trinajstić information content (AvgIpc) is 2.76. The Bertz CT molecular complexity index is 980. The van der Waals surface area contributed by atoms with Crippen LogP contribution in [0.4, 0.5) is 0 Å². The van der Waals surface area contributed by atoms with Crippen molar-refractivity contribution in [1.82, 2.24) is 0 Å². The number of benzene rings is 1. The van der Waals surface area contributed by atoms with Crippen molar-refractivity contribution in [2.75, 3.05) is 13.2 Å². The highest BCUT2D eigenvalue weighted by Crippen LogP contribution is 2.38. The van der Waals surface area contributed by atoms with Crippen LogP contribution in [0.2, 0.25) is 0 Å². The standard InChI is InChI=1S/C12H16O4.C11H12O4/c1-3-4-8-7(2)11(15)9(5-13)10(6-14)12(8)16;1-3-7-6(2)10(14)8(4-12)9(5-13)11(7)15/h3-4,13-16H,5-6H2,1-2H3;3,12-13H,1,4-5H2,2H3. The summed E-state index contributed by atoms with van der Waals surface area (Å²) in [4.78, 5) is 23.4. The minimum Gasteiger partial charge on any atom is -0.507 e. The van der Waals surface area contributed by atoms with Crippen LogP contribution in [0.3, 0.4) is 0 Å². The Kier molecular flexibility index (Phi) is 9.54. The largest absolute Gasteiger partial charge is 0.507 e. The maximum Gasteiger partial charge on any atom is 0.192 e. The molecule has 2 rings (SSSR count). The van der Waals surface area contributed by atoms with Gasteiger partial charge in [0, 0.05) is 44.5 Å². The van der Waals surface area contributed by atoms with E-state index in [0.717, 1.165) is 0 Å². The molecule has 6 N–H and O–H groups in total. The number of ketones is 2. The molecule has 0 amide bonds. The third-order valence-corrected chi connectivity index (χ3v) is 5.02. The lowest BCUT2D eigenvalue weighted by molar-refractivity contribution is -0.117. The fourth-order valence-corrected chi connectivity index (χ4v) is 3.23. The zero-order valence-corrected chi connectivity index (χ0v) is 17.8. The number of aliphatic hydroxyl groups is 4. The summed E-state index contributed by atoms with van der Waals surface area (Å²) in [5.74, 6) is -1.03. The maximum atomic E-state index is 11.7. The van der Waals surface area contributed by atoms with Crippen LogP contribution in [0, 0.1) is 6.92 Å². The average molecular weight is 432 g/mol. The minimum absolute atomic E-state index is 0.0226. The smallest absolute Gasteiger partial charge is 0.192 e. The van der Waals surface area contributed by atoms with Crippen molar-refractivity contribution in [3.63, 3.8) is 0 Å². The summed E-state index contributed by atoms with van der Waals surface area (Å²) in [6, 6.07) is 0. The van der Waals surface area contributed by atoms with Gasteiger partial charge in [0.1, 0.15) is 11.5 Å². The van der Waals surface area contributed by atoms with Crippen molar-refractivity contribution >= 4 is 17.6 Å². The maximum absolute atomic E-state index is 11.7. The highest BCUT2D eigenvalue weighted by molar-refractivity contribution is 6.26. The van der Waals surface area contributed by atoms with Crippen molar-refractivity contribution in [3.8, 4) is 11.5 Å². The summed E-state index contributed by atoms with van der Waals surface area (Å²) in [7, 11) is 0. The monoisotopic (exact) mass is 432 g/mol. The molecule has 0 saturated carbocycles. The summed E-state index contributed by atoms with van der Waals surface area (Å²) < 4.78 is 0. The van der Waals surface area contributed by atoms with E-state index in [1.54, 1.807) is 26.0 Å². The van der Waals surface area contributed by atoms with E-state index >= 15 is 0 Å². The SMILES string of the molecule is C=CC1=C(C)C(=O)C(CO)=C(CO)C1=O.CC=Cc1c(C)c(O)c(CO)c(CO)c1O. The van der Waals surface area contributed by atoms with Gasteiger partial charge in [-0.2, -0.15) is 0 Å². The van der Waals surface area contributed by atoms with E-state index in [0.29, 0.717) is 11.1 Å². The van der Waals surface area contributed by atoms with E-state index in [1.165, 1.54) is 13.0 Å². The first-order valence-electron chi connectivity index (χ1n) is 9.43. The number of allylic oxidation sites excluding steroid dienone is 4. The Morgan fingerprint density at radius 2 is 1.29 bits per heavy atom. The van der Waals surface area contributed by atoms with Gasteiger partial charge < -0.3 is 30.6 Å². The lowest BCUT2D eigenvalue weighted by Gasteiger charge is -2.18. The number of hydrogen-bond acceptors (Lipinski definition) is 8. The van der Waals surface area contributed by atoms with E-state index in [-0.39, 0.29) is 44.9 Å². The second kappa shape index (κ2) is 11.4. The number of aromatic hydroxyl groups is 2. The Labute approximate surface area is 180 Å². The van der Waals surface area contributed by atoms with E-state index < -0.39 is 38.0 Å². The Balaban J connectivity index is 0.000000311. The molecule has 0 heterocycles. The second-order valence-corrected chi connectivity index (χ2v) is 6.68. The zero-order valence-electron chi connectivity index (χ0n) is 17.8. The number of phenols is 2. The molecule has 168 valence electrons. The summed E-state index contributed by atoms with van der Waals surface area (Å²) in [6.07, 6.45) is 4.66. The first kappa shape index (κ1) is 26.0. The van der Waals surface area contributed by atoms with Gasteiger partial charge in [-0.3, -0.25) is 9.59 Å². The molecular formula is C23H28O8. The Morgan fingerprint density at radius 3 is 1.71 bits per heavy atom. The first-order valence-corrected chi connectivity index (χ1v) is 9.43. The molecule has 1 aliphatic rings. The summed E-state index contributed by atoms with van der Waals surface area (Å²) in [5, 5.41) is 55.9. The molecule has 1 aromatic rings. The van der Waals surface area contributed by atoms with Gasteiger partial charge >= 0.3 is 0 Å². The number of carbonyl (C=O) groups excluding carboxylic acids is 2. The predicted octanol–water partition coefficient (Wildman–Crippen LogP) is 1.35. The van der Waals surface area contributed by atoms with Crippen LogP contribution < -0.4 is 0 Å². The van der Waals surface area contributed by atoms with Crippen LogP contribution in [0.15, 0.2) is 41.0 Å². The van der Waals surface area contributed by atoms with Gasteiger partial charge in [0.05, 0.1) is 26.4 Å². The molecule has 8 heteroatoms.